The number of likely N-dealkylation sites (tertiary alicyclic amines) is 1. The lowest BCUT2D eigenvalue weighted by Crippen LogP contribution is -2.57. The van der Waals surface area contributed by atoms with Gasteiger partial charge in [-0.15, -0.1) is 11.8 Å². The number of para-hydroxylation sites is 1. The third-order valence-electron chi connectivity index (χ3n) is 9.96. The van der Waals surface area contributed by atoms with Crippen LogP contribution in [0.1, 0.15) is 5.56 Å². The zero-order valence-corrected chi connectivity index (χ0v) is 26.1. The number of rotatable bonds is 8. The molecule has 7 rings (SSSR count). The highest BCUT2D eigenvalue weighted by atomic mass is 32.2. The van der Waals surface area contributed by atoms with E-state index in [1.54, 1.807) is 21.6 Å². The number of amides is 3. The van der Waals surface area contributed by atoms with Gasteiger partial charge in [0, 0.05) is 50.2 Å². The van der Waals surface area contributed by atoms with Gasteiger partial charge >= 0.3 is 0 Å². The molecule has 10 heteroatoms. The average Bonchev–Trinajstić information content (AvgIpc) is 3.40. The summed E-state index contributed by atoms with van der Waals surface area (Å²) < 4.78 is 4.58. The van der Waals surface area contributed by atoms with Crippen molar-refractivity contribution in [1.82, 2.24) is 14.7 Å². The van der Waals surface area contributed by atoms with Crippen LogP contribution in [0.2, 0.25) is 0 Å². The summed E-state index contributed by atoms with van der Waals surface area (Å²) in [5.41, 5.74) is 1.77. The molecule has 3 saturated heterocycles. The first-order valence-electron chi connectivity index (χ1n) is 16.0. The van der Waals surface area contributed by atoms with Crippen LogP contribution in [-0.4, -0.2) is 119 Å². The standard InChI is InChI=1S/C35H40N4O5S/c40-24-27(23-25-9-3-1-4-10-25)39-31-34(43)37(18-17-36-19-21-44-22-20-36)15-8-14-35(31)30(33(39)42)29-28(45-35)13-7-16-38(32(29)41)26-11-5-2-6-12-26/h1-14,27-31,40H,15-24H2/t27-,28+,29-,30+,31?,35+/m1/s1. The maximum atomic E-state index is 14.8. The molecule has 236 valence electrons. The molecule has 0 bridgehead atoms. The Kier molecular flexibility index (Phi) is 8.56. The lowest BCUT2D eigenvalue weighted by molar-refractivity contribution is -0.145. The van der Waals surface area contributed by atoms with Crippen LogP contribution in [0, 0.1) is 11.8 Å². The Morgan fingerprint density at radius 2 is 1.62 bits per heavy atom. The fourth-order valence-corrected chi connectivity index (χ4v) is 9.77. The van der Waals surface area contributed by atoms with Gasteiger partial charge in [0.25, 0.3) is 0 Å². The van der Waals surface area contributed by atoms with Gasteiger partial charge < -0.3 is 24.5 Å². The van der Waals surface area contributed by atoms with Crippen LogP contribution in [0.4, 0.5) is 5.69 Å². The highest BCUT2D eigenvalue weighted by Gasteiger charge is 2.71. The Morgan fingerprint density at radius 3 is 2.36 bits per heavy atom. The Labute approximate surface area is 268 Å². The molecule has 3 fully saturated rings. The van der Waals surface area contributed by atoms with Crippen molar-refractivity contribution in [3.05, 3.63) is 90.5 Å². The predicted molar refractivity (Wildman–Crippen MR) is 174 cm³/mol. The first-order valence-corrected chi connectivity index (χ1v) is 16.8. The Balaban J connectivity index is 1.26. The minimum absolute atomic E-state index is 0.0996. The van der Waals surface area contributed by atoms with Crippen LogP contribution in [0.15, 0.2) is 85.0 Å². The molecule has 2 aromatic rings. The molecule has 6 atom stereocenters. The average molecular weight is 629 g/mol. The number of aliphatic hydroxyl groups is 1. The van der Waals surface area contributed by atoms with E-state index in [2.05, 4.69) is 17.1 Å². The zero-order chi connectivity index (χ0) is 31.0. The van der Waals surface area contributed by atoms with Gasteiger partial charge in [0.2, 0.25) is 17.7 Å². The van der Waals surface area contributed by atoms with Gasteiger partial charge in [0.1, 0.15) is 6.04 Å². The number of nitrogens with zero attached hydrogens (tertiary/aromatic N) is 4. The van der Waals surface area contributed by atoms with E-state index in [1.807, 2.05) is 77.7 Å². The molecule has 1 spiro atoms. The minimum atomic E-state index is -0.930. The smallest absolute Gasteiger partial charge is 0.247 e. The molecule has 9 nitrogen and oxygen atoms in total. The summed E-state index contributed by atoms with van der Waals surface area (Å²) in [5.74, 6) is -1.81. The number of morpholine rings is 1. The third-order valence-corrected chi connectivity index (χ3v) is 11.7. The van der Waals surface area contributed by atoms with Gasteiger partial charge in [-0.2, -0.15) is 0 Å². The fourth-order valence-electron chi connectivity index (χ4n) is 7.78. The number of anilines is 1. The molecule has 0 radical (unpaired) electrons. The van der Waals surface area contributed by atoms with Crippen molar-refractivity contribution >= 4 is 35.2 Å². The second-order valence-electron chi connectivity index (χ2n) is 12.5. The maximum Gasteiger partial charge on any atom is 0.247 e. The molecule has 3 amide bonds. The van der Waals surface area contributed by atoms with Crippen LogP contribution >= 0.6 is 11.8 Å². The molecule has 2 aromatic carbocycles. The molecule has 5 aliphatic rings. The number of fused-ring (bicyclic) bond motifs is 2. The van der Waals surface area contributed by atoms with Crippen LogP contribution in [0.5, 0.6) is 0 Å². The van der Waals surface area contributed by atoms with E-state index >= 15 is 0 Å². The number of carbonyl (C=O) groups is 3. The first kappa shape index (κ1) is 30.2. The van der Waals surface area contributed by atoms with Crippen molar-refractivity contribution in [2.75, 3.05) is 64.0 Å². The van der Waals surface area contributed by atoms with Gasteiger partial charge in [-0.25, -0.2) is 0 Å². The summed E-state index contributed by atoms with van der Waals surface area (Å²) in [5, 5.41) is 10.5. The number of benzene rings is 2. The number of aliphatic hydroxyl groups excluding tert-OH is 1. The van der Waals surface area contributed by atoms with E-state index in [-0.39, 0.29) is 29.6 Å². The number of thioether (sulfide) groups is 1. The van der Waals surface area contributed by atoms with E-state index in [9.17, 15) is 19.5 Å². The molecule has 45 heavy (non-hydrogen) atoms. The normalized spacial score (nSPS) is 30.6. The molecule has 0 aromatic heterocycles. The van der Waals surface area contributed by atoms with Crippen LogP contribution in [-0.2, 0) is 25.5 Å². The predicted octanol–water partition coefficient (Wildman–Crippen LogP) is 2.22. The fraction of sp³-hybridized carbons (Fsp3) is 0.457. The van der Waals surface area contributed by atoms with Gasteiger partial charge in [-0.3, -0.25) is 19.3 Å². The number of hydrogen-bond acceptors (Lipinski definition) is 7. The van der Waals surface area contributed by atoms with Gasteiger partial charge in [-0.05, 0) is 24.1 Å². The second kappa shape index (κ2) is 12.7. The number of hydrogen-bond donors (Lipinski definition) is 1. The van der Waals surface area contributed by atoms with E-state index < -0.39 is 28.7 Å². The Hall–Kier alpha value is -3.44. The Bertz CT molecular complexity index is 1460. The summed E-state index contributed by atoms with van der Waals surface area (Å²) in [7, 11) is 0. The van der Waals surface area contributed by atoms with Crippen LogP contribution in [0.3, 0.4) is 0 Å². The molecule has 0 saturated carbocycles. The van der Waals surface area contributed by atoms with Gasteiger partial charge in [0.15, 0.2) is 0 Å². The van der Waals surface area contributed by atoms with Crippen molar-refractivity contribution in [2.24, 2.45) is 11.8 Å². The molecule has 1 N–H and O–H groups in total. The molecular weight excluding hydrogens is 588 g/mol. The van der Waals surface area contributed by atoms with Crippen molar-refractivity contribution in [3.63, 3.8) is 0 Å². The monoisotopic (exact) mass is 628 g/mol. The largest absolute Gasteiger partial charge is 0.394 e. The highest BCUT2D eigenvalue weighted by molar-refractivity contribution is 8.02. The first-order chi connectivity index (χ1) is 22.0. The second-order valence-corrected chi connectivity index (χ2v) is 14.0. The van der Waals surface area contributed by atoms with E-state index in [1.165, 1.54) is 0 Å². The van der Waals surface area contributed by atoms with Gasteiger partial charge in [0.05, 0.1) is 42.4 Å². The topological polar surface area (TPSA) is 93.6 Å². The maximum absolute atomic E-state index is 14.8. The van der Waals surface area contributed by atoms with Crippen molar-refractivity contribution in [2.45, 2.75) is 28.5 Å². The van der Waals surface area contributed by atoms with Crippen molar-refractivity contribution in [1.29, 1.82) is 0 Å². The molecular formula is C35H40N4O5S. The van der Waals surface area contributed by atoms with Crippen molar-refractivity contribution < 1.29 is 24.2 Å². The van der Waals surface area contributed by atoms with Gasteiger partial charge in [-0.1, -0.05) is 72.8 Å². The molecule has 5 aliphatic heterocycles. The minimum Gasteiger partial charge on any atom is -0.394 e. The molecule has 5 heterocycles. The summed E-state index contributed by atoms with van der Waals surface area (Å²) >= 11 is 1.58. The van der Waals surface area contributed by atoms with E-state index in [0.29, 0.717) is 39.3 Å². The zero-order valence-electron chi connectivity index (χ0n) is 25.3. The number of carbonyl (C=O) groups excluding carboxylic acids is 3. The molecule has 0 aliphatic carbocycles. The SMILES string of the molecule is O=C1C2N([C@@H](CO)Cc3ccccc3)C(=O)[C@@H]3[C@@H]4C(=O)N(c5ccccc5)CC=C[C@@H]4S[C@]23C=CCN1CCN1CCOCC1. The summed E-state index contributed by atoms with van der Waals surface area (Å²) in [4.78, 5) is 51.6. The number of ether oxygens (including phenoxy) is 1. The lowest BCUT2D eigenvalue weighted by Gasteiger charge is -2.39. The Morgan fingerprint density at radius 1 is 0.889 bits per heavy atom. The summed E-state index contributed by atoms with van der Waals surface area (Å²) in [6.45, 7) is 4.85. The summed E-state index contributed by atoms with van der Waals surface area (Å²) in [6, 6.07) is 17.9. The quantitative estimate of drug-likeness (QED) is 0.449. The van der Waals surface area contributed by atoms with Crippen LogP contribution < -0.4 is 4.90 Å². The van der Waals surface area contributed by atoms with E-state index in [0.717, 1.165) is 30.9 Å². The third kappa shape index (κ3) is 5.41. The van der Waals surface area contributed by atoms with Crippen molar-refractivity contribution in [3.8, 4) is 0 Å². The van der Waals surface area contributed by atoms with Crippen LogP contribution in [0.25, 0.3) is 0 Å². The summed E-state index contributed by atoms with van der Waals surface area (Å²) in [6.07, 6.45) is 8.56. The van der Waals surface area contributed by atoms with E-state index in [4.69, 9.17) is 4.74 Å². The molecule has 1 unspecified atom stereocenters. The lowest BCUT2D eigenvalue weighted by atomic mass is 9.78. The highest BCUT2D eigenvalue weighted by Crippen LogP contribution is 2.61.